The van der Waals surface area contributed by atoms with Crippen molar-refractivity contribution in [3.8, 4) is 0 Å². The second-order valence-corrected chi connectivity index (χ2v) is 5.57. The number of nitrogens with zero attached hydrogens (tertiary/aromatic N) is 1. The van der Waals surface area contributed by atoms with E-state index in [1.54, 1.807) is 13.0 Å². The van der Waals surface area contributed by atoms with E-state index in [2.05, 4.69) is 35.3 Å². The molecule has 1 unspecified atom stereocenters. The van der Waals surface area contributed by atoms with Crippen LogP contribution in [0.15, 0.2) is 36.4 Å². The molecule has 0 aliphatic carbocycles. The Morgan fingerprint density at radius 2 is 1.86 bits per heavy atom. The summed E-state index contributed by atoms with van der Waals surface area (Å²) in [6.45, 7) is 5.92. The number of rotatable bonds is 4. The average Bonchev–Trinajstić information content (AvgIpc) is 2.48. The smallest absolute Gasteiger partial charge is 0.126 e. The van der Waals surface area contributed by atoms with Crippen LogP contribution in [0.2, 0.25) is 0 Å². The second kappa shape index (κ2) is 6.27. The third-order valence-corrected chi connectivity index (χ3v) is 3.96. The van der Waals surface area contributed by atoms with Gasteiger partial charge in [0, 0.05) is 24.5 Å². The van der Waals surface area contributed by atoms with Crippen molar-refractivity contribution in [3.05, 3.63) is 58.9 Å². The van der Waals surface area contributed by atoms with Crippen molar-refractivity contribution in [2.45, 2.75) is 26.8 Å². The van der Waals surface area contributed by atoms with Gasteiger partial charge in [-0.05, 0) is 68.8 Å². The molecular weight excluding hydrogens is 263 g/mol. The molecule has 1 atom stereocenters. The van der Waals surface area contributed by atoms with E-state index in [0.717, 1.165) is 16.9 Å². The van der Waals surface area contributed by atoms with Crippen LogP contribution in [-0.4, -0.2) is 14.1 Å². The maximum absolute atomic E-state index is 13.9. The van der Waals surface area contributed by atoms with Crippen molar-refractivity contribution < 1.29 is 4.39 Å². The summed E-state index contributed by atoms with van der Waals surface area (Å²) in [7, 11) is 3.91. The van der Waals surface area contributed by atoms with Gasteiger partial charge in [-0.25, -0.2) is 4.39 Å². The standard InChI is InChI=1S/C18H23FN2/c1-12-7-6-8-15(9-12)21(5)18-10-13(2)17(19)11-16(18)14(3)20-4/h6-11,14,20H,1-5H3. The summed E-state index contributed by atoms with van der Waals surface area (Å²) >= 11 is 0. The lowest BCUT2D eigenvalue weighted by Gasteiger charge is -2.26. The molecule has 0 aliphatic heterocycles. The van der Waals surface area contributed by atoms with Crippen LogP contribution in [0.1, 0.15) is 29.7 Å². The van der Waals surface area contributed by atoms with Gasteiger partial charge in [0.2, 0.25) is 0 Å². The van der Waals surface area contributed by atoms with Gasteiger partial charge in [-0.15, -0.1) is 0 Å². The molecule has 0 amide bonds. The monoisotopic (exact) mass is 286 g/mol. The molecule has 0 aromatic heterocycles. The van der Waals surface area contributed by atoms with E-state index < -0.39 is 0 Å². The molecule has 1 N–H and O–H groups in total. The zero-order valence-corrected chi connectivity index (χ0v) is 13.4. The van der Waals surface area contributed by atoms with Crippen LogP contribution >= 0.6 is 0 Å². The van der Waals surface area contributed by atoms with E-state index in [-0.39, 0.29) is 11.9 Å². The lowest BCUT2D eigenvalue weighted by atomic mass is 10.0. The molecular formula is C18H23FN2. The first-order valence-corrected chi connectivity index (χ1v) is 7.21. The second-order valence-electron chi connectivity index (χ2n) is 5.57. The molecule has 0 aliphatic rings. The minimum Gasteiger partial charge on any atom is -0.344 e. The first-order chi connectivity index (χ1) is 9.93. The van der Waals surface area contributed by atoms with Gasteiger partial charge < -0.3 is 10.2 Å². The summed E-state index contributed by atoms with van der Waals surface area (Å²) in [5, 5.41) is 3.19. The molecule has 3 heteroatoms. The van der Waals surface area contributed by atoms with Crippen LogP contribution in [0, 0.1) is 19.7 Å². The normalized spacial score (nSPS) is 12.3. The Morgan fingerprint density at radius 3 is 2.48 bits per heavy atom. The van der Waals surface area contributed by atoms with Gasteiger partial charge in [0.15, 0.2) is 0 Å². The fraction of sp³-hybridized carbons (Fsp3) is 0.333. The highest BCUT2D eigenvalue weighted by Crippen LogP contribution is 2.33. The van der Waals surface area contributed by atoms with E-state index in [0.29, 0.717) is 5.56 Å². The van der Waals surface area contributed by atoms with Gasteiger partial charge in [0.25, 0.3) is 0 Å². The number of hydrogen-bond acceptors (Lipinski definition) is 2. The maximum Gasteiger partial charge on any atom is 0.126 e. The summed E-state index contributed by atoms with van der Waals surface area (Å²) in [5.74, 6) is -0.159. The Balaban J connectivity index is 2.53. The summed E-state index contributed by atoms with van der Waals surface area (Å²) in [4.78, 5) is 2.11. The molecule has 0 saturated carbocycles. The van der Waals surface area contributed by atoms with Gasteiger partial charge in [0.05, 0.1) is 0 Å². The molecule has 0 fully saturated rings. The number of nitrogens with one attached hydrogen (secondary N) is 1. The largest absolute Gasteiger partial charge is 0.344 e. The van der Waals surface area contributed by atoms with Crippen molar-refractivity contribution in [2.75, 3.05) is 19.0 Å². The molecule has 0 spiro atoms. The predicted octanol–water partition coefficient (Wildman–Crippen LogP) is 4.49. The summed E-state index contributed by atoms with van der Waals surface area (Å²) in [5.41, 5.74) is 4.97. The fourth-order valence-corrected chi connectivity index (χ4v) is 2.45. The number of benzene rings is 2. The van der Waals surface area contributed by atoms with E-state index in [1.807, 2.05) is 33.2 Å². The van der Waals surface area contributed by atoms with E-state index in [4.69, 9.17) is 0 Å². The Morgan fingerprint density at radius 1 is 1.14 bits per heavy atom. The summed E-state index contributed by atoms with van der Waals surface area (Å²) in [6.07, 6.45) is 0. The summed E-state index contributed by atoms with van der Waals surface area (Å²) in [6, 6.07) is 12.0. The summed E-state index contributed by atoms with van der Waals surface area (Å²) < 4.78 is 13.9. The topological polar surface area (TPSA) is 15.3 Å². The van der Waals surface area contributed by atoms with Crippen LogP contribution in [0.25, 0.3) is 0 Å². The number of halogens is 1. The fourth-order valence-electron chi connectivity index (χ4n) is 2.45. The minimum absolute atomic E-state index is 0.0855. The molecule has 0 saturated heterocycles. The third-order valence-electron chi connectivity index (χ3n) is 3.96. The van der Waals surface area contributed by atoms with Crippen LogP contribution in [0.5, 0.6) is 0 Å². The Hall–Kier alpha value is -1.87. The van der Waals surface area contributed by atoms with Crippen LogP contribution < -0.4 is 10.2 Å². The zero-order valence-electron chi connectivity index (χ0n) is 13.4. The molecule has 0 radical (unpaired) electrons. The molecule has 21 heavy (non-hydrogen) atoms. The molecule has 0 bridgehead atoms. The maximum atomic E-state index is 13.9. The predicted molar refractivity (Wildman–Crippen MR) is 87.9 cm³/mol. The quantitative estimate of drug-likeness (QED) is 0.890. The highest BCUT2D eigenvalue weighted by Gasteiger charge is 2.16. The molecule has 2 rings (SSSR count). The lowest BCUT2D eigenvalue weighted by Crippen LogP contribution is -2.19. The Bertz CT molecular complexity index is 637. The highest BCUT2D eigenvalue weighted by atomic mass is 19.1. The van der Waals surface area contributed by atoms with Crippen LogP contribution in [-0.2, 0) is 0 Å². The first kappa shape index (κ1) is 15.5. The number of anilines is 2. The molecule has 0 heterocycles. The van der Waals surface area contributed by atoms with Gasteiger partial charge in [-0.2, -0.15) is 0 Å². The van der Waals surface area contributed by atoms with E-state index >= 15 is 0 Å². The lowest BCUT2D eigenvalue weighted by molar-refractivity contribution is 0.601. The SMILES string of the molecule is CNC(C)c1cc(F)c(C)cc1N(C)c1cccc(C)c1. The zero-order chi connectivity index (χ0) is 15.6. The van der Waals surface area contributed by atoms with E-state index in [9.17, 15) is 4.39 Å². The molecule has 112 valence electrons. The van der Waals surface area contributed by atoms with Crippen molar-refractivity contribution in [1.29, 1.82) is 0 Å². The van der Waals surface area contributed by atoms with Crippen LogP contribution in [0.3, 0.4) is 0 Å². The highest BCUT2D eigenvalue weighted by molar-refractivity contribution is 5.67. The van der Waals surface area contributed by atoms with E-state index in [1.165, 1.54) is 5.56 Å². The van der Waals surface area contributed by atoms with Gasteiger partial charge in [-0.3, -0.25) is 0 Å². The number of hydrogen-bond donors (Lipinski definition) is 1. The minimum atomic E-state index is -0.159. The number of aryl methyl sites for hydroxylation is 2. The third kappa shape index (κ3) is 3.24. The van der Waals surface area contributed by atoms with Crippen molar-refractivity contribution in [3.63, 3.8) is 0 Å². The molecule has 2 aromatic carbocycles. The van der Waals surface area contributed by atoms with Gasteiger partial charge in [0.1, 0.15) is 5.82 Å². The average molecular weight is 286 g/mol. The molecule has 2 aromatic rings. The first-order valence-electron chi connectivity index (χ1n) is 7.21. The van der Waals surface area contributed by atoms with Crippen molar-refractivity contribution >= 4 is 11.4 Å². The van der Waals surface area contributed by atoms with Crippen molar-refractivity contribution in [2.24, 2.45) is 0 Å². The van der Waals surface area contributed by atoms with Gasteiger partial charge >= 0.3 is 0 Å². The van der Waals surface area contributed by atoms with Crippen LogP contribution in [0.4, 0.5) is 15.8 Å². The Labute approximate surface area is 126 Å². The van der Waals surface area contributed by atoms with Crippen molar-refractivity contribution in [1.82, 2.24) is 5.32 Å². The van der Waals surface area contributed by atoms with Gasteiger partial charge in [-0.1, -0.05) is 12.1 Å². The Kier molecular flexibility index (Phi) is 4.63. The molecule has 2 nitrogen and oxygen atoms in total.